The third-order valence-electron chi connectivity index (χ3n) is 3.14. The number of terminal acetylenes is 1. The number of rotatable bonds is 2. The number of piperidine rings is 1. The van der Waals surface area contributed by atoms with Crippen LogP contribution in [0.25, 0.3) is 0 Å². The SMILES string of the molecule is C#CCNC1(C)CCN(C(=O)OC(C)(C)C)CC1. The molecule has 0 spiro atoms. The summed E-state index contributed by atoms with van der Waals surface area (Å²) < 4.78 is 5.36. The molecule has 0 bridgehead atoms. The van der Waals surface area contributed by atoms with Crippen LogP contribution in [0.5, 0.6) is 0 Å². The molecule has 1 N–H and O–H groups in total. The summed E-state index contributed by atoms with van der Waals surface area (Å²) in [5, 5.41) is 3.34. The summed E-state index contributed by atoms with van der Waals surface area (Å²) in [5.74, 6) is 2.59. The summed E-state index contributed by atoms with van der Waals surface area (Å²) in [4.78, 5) is 13.7. The lowest BCUT2D eigenvalue weighted by molar-refractivity contribution is 0.0160. The number of carbonyl (C=O) groups excluding carboxylic acids is 1. The van der Waals surface area contributed by atoms with E-state index in [2.05, 4.69) is 18.2 Å². The van der Waals surface area contributed by atoms with Crippen molar-refractivity contribution in [3.63, 3.8) is 0 Å². The Morgan fingerprint density at radius 3 is 2.44 bits per heavy atom. The van der Waals surface area contributed by atoms with Crippen molar-refractivity contribution in [3.8, 4) is 12.3 Å². The minimum atomic E-state index is -0.431. The molecule has 18 heavy (non-hydrogen) atoms. The first kappa shape index (κ1) is 14.8. The second-order valence-corrected chi connectivity index (χ2v) is 6.09. The fraction of sp³-hybridized carbons (Fsp3) is 0.786. The van der Waals surface area contributed by atoms with Crippen LogP contribution >= 0.6 is 0 Å². The van der Waals surface area contributed by atoms with Crippen LogP contribution in [-0.4, -0.2) is 41.8 Å². The fourth-order valence-corrected chi connectivity index (χ4v) is 1.95. The lowest BCUT2D eigenvalue weighted by Crippen LogP contribution is -2.53. The van der Waals surface area contributed by atoms with E-state index >= 15 is 0 Å². The first-order chi connectivity index (χ1) is 8.26. The summed E-state index contributed by atoms with van der Waals surface area (Å²) in [6.07, 6.45) is 6.83. The molecule has 1 aliphatic rings. The molecule has 0 aliphatic carbocycles. The van der Waals surface area contributed by atoms with Crippen molar-refractivity contribution in [1.29, 1.82) is 0 Å². The molecule has 4 heteroatoms. The molecule has 1 heterocycles. The van der Waals surface area contributed by atoms with Crippen LogP contribution in [0.4, 0.5) is 4.79 Å². The van der Waals surface area contributed by atoms with Gasteiger partial charge in [-0.15, -0.1) is 6.42 Å². The average Bonchev–Trinajstić information content (AvgIpc) is 2.25. The number of amides is 1. The quantitative estimate of drug-likeness (QED) is 0.764. The zero-order chi connectivity index (χ0) is 13.8. The Morgan fingerprint density at radius 2 is 2.00 bits per heavy atom. The van der Waals surface area contributed by atoms with Crippen LogP contribution in [0, 0.1) is 12.3 Å². The standard InChI is InChI=1S/C14H24N2O2/c1-6-9-15-14(5)7-10-16(11-8-14)12(17)18-13(2,3)4/h1,15H,7-11H2,2-5H3. The van der Waals surface area contributed by atoms with Gasteiger partial charge in [-0.1, -0.05) is 5.92 Å². The van der Waals surface area contributed by atoms with Crippen LogP contribution in [0.2, 0.25) is 0 Å². The van der Waals surface area contributed by atoms with E-state index in [4.69, 9.17) is 11.2 Å². The van der Waals surface area contributed by atoms with Gasteiger partial charge in [0.1, 0.15) is 5.60 Å². The molecule has 0 aromatic rings. The van der Waals surface area contributed by atoms with Crippen molar-refractivity contribution in [2.24, 2.45) is 0 Å². The first-order valence-corrected chi connectivity index (χ1v) is 6.42. The number of carbonyl (C=O) groups is 1. The average molecular weight is 252 g/mol. The second kappa shape index (κ2) is 5.62. The van der Waals surface area contributed by atoms with Gasteiger partial charge in [0, 0.05) is 18.6 Å². The molecule has 0 radical (unpaired) electrons. The maximum atomic E-state index is 11.9. The summed E-state index contributed by atoms with van der Waals surface area (Å²) in [5.41, 5.74) is -0.398. The van der Waals surface area contributed by atoms with Crippen molar-refractivity contribution in [2.45, 2.75) is 51.7 Å². The van der Waals surface area contributed by atoms with Gasteiger partial charge in [0.05, 0.1) is 6.54 Å². The van der Waals surface area contributed by atoms with E-state index < -0.39 is 5.60 Å². The van der Waals surface area contributed by atoms with Gasteiger partial charge in [-0.2, -0.15) is 0 Å². The Bertz CT molecular complexity index is 331. The van der Waals surface area contributed by atoms with Crippen LogP contribution in [0.1, 0.15) is 40.5 Å². The third-order valence-corrected chi connectivity index (χ3v) is 3.14. The highest BCUT2D eigenvalue weighted by Crippen LogP contribution is 2.22. The van der Waals surface area contributed by atoms with E-state index in [1.54, 1.807) is 4.90 Å². The topological polar surface area (TPSA) is 41.6 Å². The Labute approximate surface area is 110 Å². The predicted molar refractivity (Wildman–Crippen MR) is 72.3 cm³/mol. The minimum Gasteiger partial charge on any atom is -0.444 e. The number of ether oxygens (including phenoxy) is 1. The predicted octanol–water partition coefficient (Wildman–Crippen LogP) is 2.00. The molecular weight excluding hydrogens is 228 g/mol. The lowest BCUT2D eigenvalue weighted by Gasteiger charge is -2.40. The zero-order valence-corrected chi connectivity index (χ0v) is 11.9. The van der Waals surface area contributed by atoms with Gasteiger partial charge in [-0.25, -0.2) is 4.79 Å². The van der Waals surface area contributed by atoms with Gasteiger partial charge in [-0.3, -0.25) is 0 Å². The van der Waals surface area contributed by atoms with E-state index in [9.17, 15) is 4.79 Å². The van der Waals surface area contributed by atoms with Gasteiger partial charge in [0.2, 0.25) is 0 Å². The smallest absolute Gasteiger partial charge is 0.410 e. The highest BCUT2D eigenvalue weighted by Gasteiger charge is 2.32. The van der Waals surface area contributed by atoms with Crippen LogP contribution < -0.4 is 5.32 Å². The molecule has 1 aliphatic heterocycles. The van der Waals surface area contributed by atoms with E-state index in [0.717, 1.165) is 12.8 Å². The van der Waals surface area contributed by atoms with E-state index in [-0.39, 0.29) is 11.6 Å². The molecule has 4 nitrogen and oxygen atoms in total. The molecule has 1 rings (SSSR count). The Balaban J connectivity index is 2.44. The zero-order valence-electron chi connectivity index (χ0n) is 11.9. The summed E-state index contributed by atoms with van der Waals surface area (Å²) >= 11 is 0. The van der Waals surface area contributed by atoms with Crippen molar-refractivity contribution in [1.82, 2.24) is 10.2 Å². The maximum Gasteiger partial charge on any atom is 0.410 e. The highest BCUT2D eigenvalue weighted by atomic mass is 16.6. The normalized spacial score (nSPS) is 19.2. The number of nitrogens with one attached hydrogen (secondary N) is 1. The molecule has 1 fully saturated rings. The lowest BCUT2D eigenvalue weighted by atomic mass is 9.90. The largest absolute Gasteiger partial charge is 0.444 e. The highest BCUT2D eigenvalue weighted by molar-refractivity contribution is 5.68. The summed E-state index contributed by atoms with van der Waals surface area (Å²) in [7, 11) is 0. The fourth-order valence-electron chi connectivity index (χ4n) is 1.95. The molecule has 1 amide bonds. The van der Waals surface area contributed by atoms with Gasteiger partial charge in [-0.05, 0) is 40.5 Å². The maximum absolute atomic E-state index is 11.9. The molecule has 0 atom stereocenters. The Hall–Kier alpha value is -1.21. The van der Waals surface area contributed by atoms with Gasteiger partial charge < -0.3 is 15.0 Å². The molecule has 0 aromatic carbocycles. The number of nitrogens with zero attached hydrogens (tertiary/aromatic N) is 1. The Kier molecular flexibility index (Phi) is 4.64. The second-order valence-electron chi connectivity index (χ2n) is 6.09. The number of hydrogen-bond acceptors (Lipinski definition) is 3. The van der Waals surface area contributed by atoms with E-state index in [1.807, 2.05) is 20.8 Å². The molecule has 1 saturated heterocycles. The van der Waals surface area contributed by atoms with Gasteiger partial charge >= 0.3 is 6.09 Å². The minimum absolute atomic E-state index is 0.0326. The van der Waals surface area contributed by atoms with Crippen LogP contribution in [-0.2, 0) is 4.74 Å². The summed E-state index contributed by atoms with van der Waals surface area (Å²) in [6.45, 7) is 9.79. The molecule has 0 saturated carbocycles. The van der Waals surface area contributed by atoms with Gasteiger partial charge in [0.15, 0.2) is 0 Å². The van der Waals surface area contributed by atoms with Crippen molar-refractivity contribution in [2.75, 3.05) is 19.6 Å². The van der Waals surface area contributed by atoms with Crippen molar-refractivity contribution in [3.05, 3.63) is 0 Å². The van der Waals surface area contributed by atoms with Crippen molar-refractivity contribution < 1.29 is 9.53 Å². The summed E-state index contributed by atoms with van der Waals surface area (Å²) in [6, 6.07) is 0. The first-order valence-electron chi connectivity index (χ1n) is 6.42. The number of hydrogen-bond donors (Lipinski definition) is 1. The van der Waals surface area contributed by atoms with E-state index in [1.165, 1.54) is 0 Å². The number of likely N-dealkylation sites (tertiary alicyclic amines) is 1. The van der Waals surface area contributed by atoms with Gasteiger partial charge in [0.25, 0.3) is 0 Å². The monoisotopic (exact) mass is 252 g/mol. The molecule has 0 aromatic heterocycles. The molecule has 0 unspecified atom stereocenters. The molecule has 102 valence electrons. The van der Waals surface area contributed by atoms with Crippen LogP contribution in [0.3, 0.4) is 0 Å². The van der Waals surface area contributed by atoms with E-state index in [0.29, 0.717) is 19.6 Å². The van der Waals surface area contributed by atoms with Crippen LogP contribution in [0.15, 0.2) is 0 Å². The Morgan fingerprint density at radius 1 is 1.44 bits per heavy atom. The third kappa shape index (κ3) is 4.58. The van der Waals surface area contributed by atoms with Crippen molar-refractivity contribution >= 4 is 6.09 Å². The molecular formula is C14H24N2O2.